The average Bonchev–Trinajstić information content (AvgIpc) is 3.04. The van der Waals surface area contributed by atoms with Crippen LogP contribution in [0.3, 0.4) is 0 Å². The van der Waals surface area contributed by atoms with Crippen molar-refractivity contribution in [3.8, 4) is 11.4 Å². The highest BCUT2D eigenvalue weighted by Gasteiger charge is 2.32. The molecule has 1 aromatic heterocycles. The van der Waals surface area contributed by atoms with Crippen LogP contribution in [0.4, 0.5) is 13.2 Å². The van der Waals surface area contributed by atoms with Crippen LogP contribution < -0.4 is 4.74 Å². The summed E-state index contributed by atoms with van der Waals surface area (Å²) in [5.41, 5.74) is -0.555. The Labute approximate surface area is 154 Å². The van der Waals surface area contributed by atoms with Gasteiger partial charge >= 0.3 is 6.18 Å². The second-order valence-electron chi connectivity index (χ2n) is 6.51. The molecular weight excluding hydrogens is 363 g/mol. The SMILES string of the molecule is COc1cn(-c2cccc(C(F)(F)F)c2)nc1C(=O)N1C[C@@H](C)O[C@@H](C)C1. The van der Waals surface area contributed by atoms with Crippen LogP contribution in [0.2, 0.25) is 0 Å². The Balaban J connectivity index is 1.93. The summed E-state index contributed by atoms with van der Waals surface area (Å²) in [5, 5.41) is 4.19. The molecule has 27 heavy (non-hydrogen) atoms. The van der Waals surface area contributed by atoms with Gasteiger partial charge < -0.3 is 14.4 Å². The van der Waals surface area contributed by atoms with Gasteiger partial charge in [-0.05, 0) is 32.0 Å². The summed E-state index contributed by atoms with van der Waals surface area (Å²) >= 11 is 0. The minimum Gasteiger partial charge on any atom is -0.493 e. The maximum absolute atomic E-state index is 13.0. The van der Waals surface area contributed by atoms with E-state index in [1.807, 2.05) is 13.8 Å². The largest absolute Gasteiger partial charge is 0.493 e. The first-order valence-corrected chi connectivity index (χ1v) is 8.45. The van der Waals surface area contributed by atoms with Crippen LogP contribution in [0.1, 0.15) is 29.9 Å². The van der Waals surface area contributed by atoms with Crippen LogP contribution in [0.25, 0.3) is 5.69 Å². The number of methoxy groups -OCH3 is 1. The lowest BCUT2D eigenvalue weighted by Gasteiger charge is -2.34. The third kappa shape index (κ3) is 4.08. The molecule has 0 unspecified atom stereocenters. The predicted octanol–water partition coefficient (Wildman–Crippen LogP) is 3.15. The molecule has 2 aromatic rings. The lowest BCUT2D eigenvalue weighted by molar-refractivity contribution is -0.137. The van der Waals surface area contributed by atoms with Crippen molar-refractivity contribution in [1.29, 1.82) is 0 Å². The zero-order valence-electron chi connectivity index (χ0n) is 15.2. The summed E-state index contributed by atoms with van der Waals surface area (Å²) < 4.78 is 50.9. The standard InChI is InChI=1S/C18H20F3N3O3/c1-11-8-23(9-12(2)27-11)17(25)16-15(26-3)10-24(22-16)14-6-4-5-13(7-14)18(19,20)21/h4-7,10-12H,8-9H2,1-3H3/t11-,12+. The van der Waals surface area contributed by atoms with Gasteiger partial charge in [-0.15, -0.1) is 0 Å². The van der Waals surface area contributed by atoms with Crippen LogP contribution in [0.15, 0.2) is 30.5 Å². The Bertz CT molecular complexity index is 825. The minimum atomic E-state index is -4.47. The fourth-order valence-electron chi connectivity index (χ4n) is 3.11. The molecule has 3 rings (SSSR count). The number of hydrogen-bond donors (Lipinski definition) is 0. The fraction of sp³-hybridized carbons (Fsp3) is 0.444. The fourth-order valence-corrected chi connectivity index (χ4v) is 3.11. The number of carbonyl (C=O) groups excluding carboxylic acids is 1. The van der Waals surface area contributed by atoms with E-state index in [1.165, 1.54) is 30.1 Å². The quantitative estimate of drug-likeness (QED) is 0.817. The van der Waals surface area contributed by atoms with Gasteiger partial charge in [-0.2, -0.15) is 18.3 Å². The van der Waals surface area contributed by atoms with E-state index in [9.17, 15) is 18.0 Å². The van der Waals surface area contributed by atoms with Gasteiger partial charge in [0, 0.05) is 13.1 Å². The summed E-state index contributed by atoms with van der Waals surface area (Å²) in [7, 11) is 1.38. The number of nitrogens with zero attached hydrogens (tertiary/aromatic N) is 3. The first-order valence-electron chi connectivity index (χ1n) is 8.45. The molecule has 0 bridgehead atoms. The van der Waals surface area contributed by atoms with Gasteiger partial charge in [0.1, 0.15) is 0 Å². The first kappa shape index (κ1) is 19.2. The van der Waals surface area contributed by atoms with E-state index in [2.05, 4.69) is 5.10 Å². The molecule has 0 aliphatic carbocycles. The lowest BCUT2D eigenvalue weighted by atomic mass is 10.2. The molecule has 1 saturated heterocycles. The molecule has 6 nitrogen and oxygen atoms in total. The average molecular weight is 383 g/mol. The second-order valence-corrected chi connectivity index (χ2v) is 6.51. The molecular formula is C18H20F3N3O3. The molecule has 0 spiro atoms. The van der Waals surface area contributed by atoms with E-state index in [4.69, 9.17) is 9.47 Å². The minimum absolute atomic E-state index is 0.0520. The number of ether oxygens (including phenoxy) is 2. The van der Waals surface area contributed by atoms with Crippen molar-refractivity contribution in [2.45, 2.75) is 32.2 Å². The number of morpholine rings is 1. The summed E-state index contributed by atoms with van der Waals surface area (Å²) in [6.07, 6.45) is -3.30. The van der Waals surface area contributed by atoms with Crippen molar-refractivity contribution in [2.24, 2.45) is 0 Å². The highest BCUT2D eigenvalue weighted by molar-refractivity contribution is 5.95. The third-order valence-corrected chi connectivity index (χ3v) is 4.25. The van der Waals surface area contributed by atoms with Gasteiger partial charge in [0.2, 0.25) is 0 Å². The van der Waals surface area contributed by atoms with Crippen LogP contribution in [-0.4, -0.2) is 53.0 Å². The van der Waals surface area contributed by atoms with Crippen LogP contribution in [-0.2, 0) is 10.9 Å². The van der Waals surface area contributed by atoms with E-state index < -0.39 is 11.7 Å². The van der Waals surface area contributed by atoms with E-state index in [-0.39, 0.29) is 35.2 Å². The summed E-state index contributed by atoms with van der Waals surface area (Å²) in [5.74, 6) is -0.149. The Kier molecular flexibility index (Phi) is 5.14. The number of alkyl halides is 3. The molecule has 2 heterocycles. The van der Waals surface area contributed by atoms with Gasteiger partial charge in [-0.25, -0.2) is 4.68 Å². The van der Waals surface area contributed by atoms with Gasteiger partial charge in [0.25, 0.3) is 5.91 Å². The number of hydrogen-bond acceptors (Lipinski definition) is 4. The molecule has 0 N–H and O–H groups in total. The predicted molar refractivity (Wildman–Crippen MR) is 91.0 cm³/mol. The van der Waals surface area contributed by atoms with E-state index in [0.717, 1.165) is 12.1 Å². The molecule has 1 aliphatic rings. The molecule has 146 valence electrons. The summed E-state index contributed by atoms with van der Waals surface area (Å²) in [6, 6.07) is 4.72. The molecule has 1 aromatic carbocycles. The first-order chi connectivity index (χ1) is 12.7. The second kappa shape index (κ2) is 7.22. The maximum Gasteiger partial charge on any atom is 0.416 e. The van der Waals surface area contributed by atoms with E-state index in [1.54, 1.807) is 4.90 Å². The normalized spacial score (nSPS) is 20.6. The maximum atomic E-state index is 13.0. The van der Waals surface area contributed by atoms with Crippen LogP contribution in [0, 0.1) is 0 Å². The van der Waals surface area contributed by atoms with Crippen molar-refractivity contribution in [1.82, 2.24) is 14.7 Å². The zero-order chi connectivity index (χ0) is 19.8. The molecule has 1 aliphatic heterocycles. The molecule has 1 amide bonds. The van der Waals surface area contributed by atoms with Crippen LogP contribution >= 0.6 is 0 Å². The highest BCUT2D eigenvalue weighted by Crippen LogP contribution is 2.31. The Morgan fingerprint density at radius 1 is 1.26 bits per heavy atom. The summed E-state index contributed by atoms with van der Waals surface area (Å²) in [4.78, 5) is 14.5. The number of aromatic nitrogens is 2. The van der Waals surface area contributed by atoms with Crippen molar-refractivity contribution in [2.75, 3.05) is 20.2 Å². The Morgan fingerprint density at radius 2 is 1.93 bits per heavy atom. The van der Waals surface area contributed by atoms with Crippen molar-refractivity contribution >= 4 is 5.91 Å². The van der Waals surface area contributed by atoms with E-state index >= 15 is 0 Å². The zero-order valence-corrected chi connectivity index (χ0v) is 15.2. The summed E-state index contributed by atoms with van der Waals surface area (Å²) in [6.45, 7) is 4.55. The monoisotopic (exact) mass is 383 g/mol. The van der Waals surface area contributed by atoms with Crippen molar-refractivity contribution in [3.05, 3.63) is 41.7 Å². The number of halogens is 3. The molecule has 1 fully saturated rings. The van der Waals surface area contributed by atoms with E-state index in [0.29, 0.717) is 13.1 Å². The molecule has 0 radical (unpaired) electrons. The third-order valence-electron chi connectivity index (χ3n) is 4.25. The molecule has 2 atom stereocenters. The van der Waals surface area contributed by atoms with Gasteiger partial charge in [0.15, 0.2) is 11.4 Å². The number of rotatable bonds is 3. The Hall–Kier alpha value is -2.55. The number of benzene rings is 1. The van der Waals surface area contributed by atoms with Crippen molar-refractivity contribution < 1.29 is 27.4 Å². The smallest absolute Gasteiger partial charge is 0.416 e. The van der Waals surface area contributed by atoms with Crippen LogP contribution in [0.5, 0.6) is 5.75 Å². The molecule has 0 saturated carbocycles. The number of amides is 1. The molecule has 9 heteroatoms. The topological polar surface area (TPSA) is 56.6 Å². The lowest BCUT2D eigenvalue weighted by Crippen LogP contribution is -2.48. The Morgan fingerprint density at radius 3 is 2.52 bits per heavy atom. The van der Waals surface area contributed by atoms with Gasteiger partial charge in [0.05, 0.1) is 36.8 Å². The van der Waals surface area contributed by atoms with Gasteiger partial charge in [-0.1, -0.05) is 6.07 Å². The number of carbonyl (C=O) groups is 1. The van der Waals surface area contributed by atoms with Crippen molar-refractivity contribution in [3.63, 3.8) is 0 Å². The highest BCUT2D eigenvalue weighted by atomic mass is 19.4. The van der Waals surface area contributed by atoms with Gasteiger partial charge in [-0.3, -0.25) is 4.79 Å².